The Morgan fingerprint density at radius 3 is 2.96 bits per heavy atom. The van der Waals surface area contributed by atoms with Crippen LogP contribution < -0.4 is 0 Å². The van der Waals surface area contributed by atoms with Crippen LogP contribution in [0.25, 0.3) is 6.08 Å². The minimum atomic E-state index is -0.959. The van der Waals surface area contributed by atoms with E-state index in [9.17, 15) is 14.3 Å². The Morgan fingerprint density at radius 1 is 1.50 bits per heavy atom. The molecule has 1 amide bonds. The van der Waals surface area contributed by atoms with Crippen molar-refractivity contribution in [3.05, 3.63) is 29.1 Å². The van der Waals surface area contributed by atoms with Gasteiger partial charge in [0.05, 0.1) is 12.1 Å². The summed E-state index contributed by atoms with van der Waals surface area (Å²) in [6.45, 7) is 5.96. The number of carbonyl (C=O) groups excluding carboxylic acids is 1. The van der Waals surface area contributed by atoms with Crippen molar-refractivity contribution in [1.29, 1.82) is 0 Å². The number of rotatable bonds is 2. The number of likely N-dealkylation sites (tertiary alicyclic amines) is 1. The molecular formula is C18H25FN2O3. The lowest BCUT2D eigenvalue weighted by atomic mass is 9.96. The van der Waals surface area contributed by atoms with Crippen molar-refractivity contribution < 1.29 is 19.0 Å². The molecule has 24 heavy (non-hydrogen) atoms. The van der Waals surface area contributed by atoms with E-state index in [0.717, 1.165) is 16.8 Å². The molecule has 1 saturated heterocycles. The largest absolute Gasteiger partial charge is 0.444 e. The molecule has 132 valence electrons. The fraction of sp³-hybridized carbons (Fsp3) is 0.611. The van der Waals surface area contributed by atoms with Crippen LogP contribution in [0.1, 0.15) is 44.0 Å². The number of nitrogens with one attached hydrogen (secondary N) is 1. The molecule has 1 fully saturated rings. The SMILES string of the molecule is CC(C)(C)OC(=O)N1CC[C@H](O)[C@H]1Cc1c[nH]c2c1C=CC(F)C2. The maximum atomic E-state index is 13.4. The van der Waals surface area contributed by atoms with Gasteiger partial charge in [-0.2, -0.15) is 0 Å². The second-order valence-corrected chi connectivity index (χ2v) is 7.59. The summed E-state index contributed by atoms with van der Waals surface area (Å²) in [5.41, 5.74) is 2.28. The van der Waals surface area contributed by atoms with E-state index in [-0.39, 0.29) is 6.04 Å². The van der Waals surface area contributed by atoms with Gasteiger partial charge in [-0.15, -0.1) is 0 Å². The number of ether oxygens (including phenoxy) is 1. The minimum absolute atomic E-state index is 0.323. The van der Waals surface area contributed by atoms with Gasteiger partial charge in [-0.3, -0.25) is 0 Å². The average molecular weight is 336 g/mol. The lowest BCUT2D eigenvalue weighted by Gasteiger charge is -2.29. The lowest BCUT2D eigenvalue weighted by Crippen LogP contribution is -2.43. The molecule has 0 spiro atoms. The van der Waals surface area contributed by atoms with E-state index in [0.29, 0.717) is 25.8 Å². The molecule has 0 saturated carbocycles. The summed E-state index contributed by atoms with van der Waals surface area (Å²) in [7, 11) is 0. The van der Waals surface area contributed by atoms with Gasteiger partial charge in [0.1, 0.15) is 11.8 Å². The third-order valence-corrected chi connectivity index (χ3v) is 4.53. The molecular weight excluding hydrogens is 311 g/mol. The highest BCUT2D eigenvalue weighted by molar-refractivity contribution is 5.69. The standard InChI is InChI=1S/C18H25FN2O3/c1-18(2,3)24-17(23)21-7-6-16(22)15(21)8-11-10-20-14-9-12(19)4-5-13(11)14/h4-5,10,12,15-16,20,22H,6-9H2,1-3H3/t12?,15-,16+/m1/s1. The molecule has 5 nitrogen and oxygen atoms in total. The van der Waals surface area contributed by atoms with Gasteiger partial charge in [0.2, 0.25) is 0 Å². The highest BCUT2D eigenvalue weighted by Crippen LogP contribution is 2.29. The molecule has 1 aromatic heterocycles. The Bertz CT molecular complexity index is 647. The molecule has 3 atom stereocenters. The Morgan fingerprint density at radius 2 is 2.25 bits per heavy atom. The van der Waals surface area contributed by atoms with Crippen LogP contribution in [-0.2, 0) is 17.6 Å². The van der Waals surface area contributed by atoms with E-state index >= 15 is 0 Å². The number of halogens is 1. The van der Waals surface area contributed by atoms with Crippen LogP contribution in [0.3, 0.4) is 0 Å². The molecule has 0 radical (unpaired) electrons. The van der Waals surface area contributed by atoms with E-state index in [2.05, 4.69) is 4.98 Å². The van der Waals surface area contributed by atoms with E-state index in [1.54, 1.807) is 17.1 Å². The summed E-state index contributed by atoms with van der Waals surface area (Å²) >= 11 is 0. The van der Waals surface area contributed by atoms with Gasteiger partial charge in [-0.05, 0) is 50.8 Å². The number of alkyl halides is 1. The summed E-state index contributed by atoms with van der Waals surface area (Å²) < 4.78 is 18.9. The minimum Gasteiger partial charge on any atom is -0.444 e. The normalized spacial score (nSPS) is 26.5. The third-order valence-electron chi connectivity index (χ3n) is 4.53. The highest BCUT2D eigenvalue weighted by atomic mass is 19.1. The Labute approximate surface area is 141 Å². The zero-order chi connectivity index (χ0) is 17.5. The van der Waals surface area contributed by atoms with Crippen molar-refractivity contribution >= 4 is 12.2 Å². The molecule has 6 heteroatoms. The molecule has 1 aliphatic carbocycles. The third kappa shape index (κ3) is 3.48. The number of hydrogen-bond donors (Lipinski definition) is 2. The second kappa shape index (κ2) is 6.24. The van der Waals surface area contributed by atoms with Gasteiger partial charge in [0, 0.05) is 24.9 Å². The number of aromatic amines is 1. The van der Waals surface area contributed by atoms with Crippen molar-refractivity contribution in [1.82, 2.24) is 9.88 Å². The Hall–Kier alpha value is -1.82. The highest BCUT2D eigenvalue weighted by Gasteiger charge is 2.38. The fourth-order valence-corrected chi connectivity index (χ4v) is 3.39. The molecule has 1 unspecified atom stereocenters. The summed E-state index contributed by atoms with van der Waals surface area (Å²) in [6, 6.07) is -0.323. The molecule has 0 aromatic carbocycles. The number of hydrogen-bond acceptors (Lipinski definition) is 3. The van der Waals surface area contributed by atoms with Crippen molar-refractivity contribution in [2.24, 2.45) is 0 Å². The van der Waals surface area contributed by atoms with Crippen molar-refractivity contribution in [2.75, 3.05) is 6.54 Å². The van der Waals surface area contributed by atoms with Gasteiger partial charge in [-0.1, -0.05) is 6.08 Å². The number of fused-ring (bicyclic) bond motifs is 1. The quantitative estimate of drug-likeness (QED) is 0.873. The summed E-state index contributed by atoms with van der Waals surface area (Å²) in [5.74, 6) is 0. The molecule has 2 aliphatic rings. The van der Waals surface area contributed by atoms with Crippen LogP contribution in [0.4, 0.5) is 9.18 Å². The first kappa shape index (κ1) is 17.0. The number of nitrogens with zero attached hydrogens (tertiary/aromatic N) is 1. The predicted octanol–water partition coefficient (Wildman–Crippen LogP) is 2.83. The first-order valence-electron chi connectivity index (χ1n) is 8.43. The Balaban J connectivity index is 1.76. The van der Waals surface area contributed by atoms with E-state index < -0.39 is 24.0 Å². The van der Waals surface area contributed by atoms with E-state index in [1.165, 1.54) is 0 Å². The molecule has 3 rings (SSSR count). The van der Waals surface area contributed by atoms with E-state index in [1.807, 2.05) is 27.0 Å². The zero-order valence-electron chi connectivity index (χ0n) is 14.4. The average Bonchev–Trinajstić information content (AvgIpc) is 3.02. The van der Waals surface area contributed by atoms with Crippen LogP contribution in [0.2, 0.25) is 0 Å². The van der Waals surface area contributed by atoms with Gasteiger partial charge in [0.15, 0.2) is 0 Å². The number of carbonyl (C=O) groups is 1. The smallest absolute Gasteiger partial charge is 0.410 e. The number of aliphatic hydroxyl groups is 1. The summed E-state index contributed by atoms with van der Waals surface area (Å²) in [5, 5.41) is 10.3. The zero-order valence-corrected chi connectivity index (χ0v) is 14.4. The molecule has 0 bridgehead atoms. The summed E-state index contributed by atoms with van der Waals surface area (Å²) in [4.78, 5) is 17.1. The maximum absolute atomic E-state index is 13.4. The molecule has 2 heterocycles. The van der Waals surface area contributed by atoms with Crippen LogP contribution in [-0.4, -0.2) is 51.5 Å². The van der Waals surface area contributed by atoms with Gasteiger partial charge in [-0.25, -0.2) is 9.18 Å². The van der Waals surface area contributed by atoms with Crippen LogP contribution in [0.15, 0.2) is 12.3 Å². The number of H-pyrrole nitrogens is 1. The van der Waals surface area contributed by atoms with Crippen LogP contribution >= 0.6 is 0 Å². The Kier molecular flexibility index (Phi) is 4.42. The van der Waals surface area contributed by atoms with Crippen molar-refractivity contribution in [3.8, 4) is 0 Å². The topological polar surface area (TPSA) is 65.6 Å². The van der Waals surface area contributed by atoms with Crippen molar-refractivity contribution in [2.45, 2.75) is 64.0 Å². The monoisotopic (exact) mass is 336 g/mol. The second-order valence-electron chi connectivity index (χ2n) is 7.59. The molecule has 1 aromatic rings. The maximum Gasteiger partial charge on any atom is 0.410 e. The fourth-order valence-electron chi connectivity index (χ4n) is 3.39. The number of aromatic nitrogens is 1. The van der Waals surface area contributed by atoms with E-state index in [4.69, 9.17) is 4.74 Å². The van der Waals surface area contributed by atoms with Crippen LogP contribution in [0.5, 0.6) is 0 Å². The first-order valence-corrected chi connectivity index (χ1v) is 8.43. The number of amides is 1. The number of allylic oxidation sites excluding steroid dienone is 1. The summed E-state index contributed by atoms with van der Waals surface area (Å²) in [6.07, 6.45) is 4.66. The van der Waals surface area contributed by atoms with Crippen molar-refractivity contribution in [3.63, 3.8) is 0 Å². The number of aliphatic hydroxyl groups excluding tert-OH is 1. The van der Waals surface area contributed by atoms with Crippen LogP contribution in [0, 0.1) is 0 Å². The van der Waals surface area contributed by atoms with Gasteiger partial charge >= 0.3 is 6.09 Å². The molecule has 2 N–H and O–H groups in total. The first-order chi connectivity index (χ1) is 11.2. The molecule has 1 aliphatic heterocycles. The van der Waals surface area contributed by atoms with Gasteiger partial charge < -0.3 is 19.7 Å². The predicted molar refractivity (Wildman–Crippen MR) is 89.5 cm³/mol. The lowest BCUT2D eigenvalue weighted by molar-refractivity contribution is 0.0156. The van der Waals surface area contributed by atoms with Gasteiger partial charge in [0.25, 0.3) is 0 Å².